The molecule has 2 heterocycles. The molecule has 9 heteroatoms. The molecular formula is C21H20F3N3O2S. The van der Waals surface area contributed by atoms with Gasteiger partial charge in [-0.2, -0.15) is 0 Å². The van der Waals surface area contributed by atoms with E-state index in [0.29, 0.717) is 5.56 Å². The molecule has 3 atom stereocenters. The fourth-order valence-electron chi connectivity index (χ4n) is 3.95. The molecule has 1 amide bonds. The lowest BCUT2D eigenvalue weighted by atomic mass is 9.77. The lowest BCUT2D eigenvalue weighted by Crippen LogP contribution is -2.47. The van der Waals surface area contributed by atoms with Crippen molar-refractivity contribution in [1.82, 2.24) is 5.32 Å². The van der Waals surface area contributed by atoms with Crippen molar-refractivity contribution in [2.75, 3.05) is 18.1 Å². The van der Waals surface area contributed by atoms with E-state index in [1.165, 1.54) is 18.2 Å². The summed E-state index contributed by atoms with van der Waals surface area (Å²) in [6, 6.07) is 12.5. The molecular weight excluding hydrogens is 415 g/mol. The van der Waals surface area contributed by atoms with Gasteiger partial charge in [0.2, 0.25) is 0 Å². The van der Waals surface area contributed by atoms with Crippen molar-refractivity contribution in [3.8, 4) is 0 Å². The van der Waals surface area contributed by atoms with Crippen molar-refractivity contribution in [2.24, 2.45) is 10.9 Å². The zero-order valence-electron chi connectivity index (χ0n) is 16.1. The number of nitrogens with zero attached hydrogens (tertiary/aromatic N) is 1. The lowest BCUT2D eigenvalue weighted by Gasteiger charge is -2.37. The number of amides is 1. The summed E-state index contributed by atoms with van der Waals surface area (Å²) >= 11 is 1.14. The van der Waals surface area contributed by atoms with Crippen LogP contribution < -0.4 is 11.1 Å². The summed E-state index contributed by atoms with van der Waals surface area (Å²) in [7, 11) is 0. The second-order valence-electron chi connectivity index (χ2n) is 7.51. The van der Waals surface area contributed by atoms with E-state index in [9.17, 15) is 18.0 Å². The fraction of sp³-hybridized carbons (Fsp3) is 0.333. The number of aliphatic imine (C=N–C) groups is 1. The van der Waals surface area contributed by atoms with Crippen LogP contribution in [0.5, 0.6) is 0 Å². The van der Waals surface area contributed by atoms with Crippen molar-refractivity contribution in [3.63, 3.8) is 0 Å². The first-order valence-electron chi connectivity index (χ1n) is 9.35. The number of nitrogens with one attached hydrogen (secondary N) is 1. The fourth-order valence-corrected chi connectivity index (χ4v) is 5.13. The third kappa shape index (κ3) is 3.67. The second kappa shape index (κ2) is 7.63. The third-order valence-electron chi connectivity index (χ3n) is 5.38. The number of amidine groups is 1. The zero-order valence-corrected chi connectivity index (χ0v) is 16.9. The van der Waals surface area contributed by atoms with Crippen molar-refractivity contribution >= 4 is 28.5 Å². The van der Waals surface area contributed by atoms with Gasteiger partial charge in [-0.1, -0.05) is 30.0 Å². The second-order valence-corrected chi connectivity index (χ2v) is 8.51. The standard InChI is InChI=1S/C21H20F3N3O2S/c1-20(23,24)17-15-10-30-19(26-18(28)12-5-3-2-4-6-12)27-21(15,11-29-17)14-9-13(25)7-8-16(14)22/h2-9,15,17H,10-11,25H2,1H3,(H,26,27,28)/t15-,17+,21-/m1/s1. The van der Waals surface area contributed by atoms with E-state index < -0.39 is 29.3 Å². The molecule has 158 valence electrons. The van der Waals surface area contributed by atoms with E-state index in [1.807, 2.05) is 0 Å². The van der Waals surface area contributed by atoms with E-state index in [-0.39, 0.29) is 34.7 Å². The van der Waals surface area contributed by atoms with E-state index in [2.05, 4.69) is 10.3 Å². The summed E-state index contributed by atoms with van der Waals surface area (Å²) in [5.41, 5.74) is 5.24. The molecule has 4 rings (SSSR count). The number of hydrogen-bond acceptors (Lipinski definition) is 5. The number of alkyl halides is 2. The minimum absolute atomic E-state index is 0.0889. The first-order valence-corrected chi connectivity index (χ1v) is 10.3. The molecule has 2 aromatic rings. The Morgan fingerprint density at radius 3 is 2.73 bits per heavy atom. The quantitative estimate of drug-likeness (QED) is 0.719. The van der Waals surface area contributed by atoms with Crippen LogP contribution in [-0.2, 0) is 10.3 Å². The zero-order chi connectivity index (χ0) is 21.5. The third-order valence-corrected chi connectivity index (χ3v) is 6.37. The normalized spacial score (nSPS) is 26.1. The Balaban J connectivity index is 1.75. The first-order chi connectivity index (χ1) is 14.2. The van der Waals surface area contributed by atoms with E-state index >= 15 is 0 Å². The minimum Gasteiger partial charge on any atom is -0.399 e. The average Bonchev–Trinajstić information content (AvgIpc) is 3.10. The molecule has 30 heavy (non-hydrogen) atoms. The Bertz CT molecular complexity index is 997. The van der Waals surface area contributed by atoms with E-state index in [0.717, 1.165) is 18.7 Å². The summed E-state index contributed by atoms with van der Waals surface area (Å²) < 4.78 is 48.7. The van der Waals surface area contributed by atoms with Crippen molar-refractivity contribution < 1.29 is 22.7 Å². The number of nitrogens with two attached hydrogens (primary N) is 1. The highest BCUT2D eigenvalue weighted by Gasteiger charge is 2.60. The molecule has 1 saturated heterocycles. The Labute approximate surface area is 175 Å². The van der Waals surface area contributed by atoms with Gasteiger partial charge in [0.1, 0.15) is 17.5 Å². The molecule has 0 bridgehead atoms. The largest absolute Gasteiger partial charge is 0.399 e. The molecule has 0 unspecified atom stereocenters. The number of rotatable bonds is 3. The number of fused-ring (bicyclic) bond motifs is 1. The molecule has 2 aliphatic heterocycles. The van der Waals surface area contributed by atoms with Gasteiger partial charge in [-0.25, -0.2) is 18.2 Å². The van der Waals surface area contributed by atoms with Crippen LogP contribution in [0, 0.1) is 11.7 Å². The predicted octanol–water partition coefficient (Wildman–Crippen LogP) is 3.81. The molecule has 2 aliphatic rings. The Hall–Kier alpha value is -2.52. The van der Waals surface area contributed by atoms with Crippen LogP contribution in [-0.4, -0.2) is 35.5 Å². The maximum Gasteiger partial charge on any atom is 0.271 e. The van der Waals surface area contributed by atoms with Crippen LogP contribution >= 0.6 is 11.8 Å². The van der Waals surface area contributed by atoms with Crippen LogP contribution in [0.2, 0.25) is 0 Å². The van der Waals surface area contributed by atoms with Gasteiger partial charge in [0.05, 0.1) is 6.61 Å². The van der Waals surface area contributed by atoms with E-state index in [4.69, 9.17) is 10.5 Å². The van der Waals surface area contributed by atoms with Crippen LogP contribution in [0.25, 0.3) is 0 Å². The number of benzene rings is 2. The average molecular weight is 435 g/mol. The van der Waals surface area contributed by atoms with Crippen LogP contribution in [0.4, 0.5) is 18.9 Å². The number of halogens is 3. The number of hydrogen-bond donors (Lipinski definition) is 2. The minimum atomic E-state index is -3.13. The summed E-state index contributed by atoms with van der Waals surface area (Å²) in [6.07, 6.45) is -1.43. The molecule has 0 radical (unpaired) electrons. The van der Waals surface area contributed by atoms with Crippen LogP contribution in [0.1, 0.15) is 22.8 Å². The summed E-state index contributed by atoms with van der Waals surface area (Å²) in [6.45, 7) is 0.544. The molecule has 1 fully saturated rings. The monoisotopic (exact) mass is 435 g/mol. The van der Waals surface area contributed by atoms with Gasteiger partial charge in [0, 0.05) is 35.4 Å². The maximum atomic E-state index is 14.8. The van der Waals surface area contributed by atoms with Crippen molar-refractivity contribution in [2.45, 2.75) is 24.5 Å². The van der Waals surface area contributed by atoms with Crippen molar-refractivity contribution in [3.05, 3.63) is 65.5 Å². The van der Waals surface area contributed by atoms with Gasteiger partial charge in [-0.15, -0.1) is 0 Å². The Morgan fingerprint density at radius 2 is 2.03 bits per heavy atom. The Morgan fingerprint density at radius 1 is 1.30 bits per heavy atom. The van der Waals surface area contributed by atoms with Crippen molar-refractivity contribution in [1.29, 1.82) is 0 Å². The topological polar surface area (TPSA) is 76.7 Å². The molecule has 0 spiro atoms. The highest BCUT2D eigenvalue weighted by molar-refractivity contribution is 8.13. The number of thioether (sulfide) groups is 1. The smallest absolute Gasteiger partial charge is 0.271 e. The van der Waals surface area contributed by atoms with Gasteiger partial charge in [0.15, 0.2) is 5.17 Å². The summed E-state index contributed by atoms with van der Waals surface area (Å²) in [4.78, 5) is 17.1. The Kier molecular flexibility index (Phi) is 5.27. The van der Waals surface area contributed by atoms with Gasteiger partial charge in [-0.3, -0.25) is 4.79 Å². The van der Waals surface area contributed by atoms with Gasteiger partial charge >= 0.3 is 0 Å². The molecule has 0 saturated carbocycles. The molecule has 3 N–H and O–H groups in total. The summed E-state index contributed by atoms with van der Waals surface area (Å²) in [5, 5.41) is 2.93. The van der Waals surface area contributed by atoms with E-state index in [1.54, 1.807) is 30.3 Å². The number of ether oxygens (including phenoxy) is 1. The number of carbonyl (C=O) groups is 1. The van der Waals surface area contributed by atoms with Crippen LogP contribution in [0.3, 0.4) is 0 Å². The predicted molar refractivity (Wildman–Crippen MR) is 110 cm³/mol. The van der Waals surface area contributed by atoms with Gasteiger partial charge in [0.25, 0.3) is 11.8 Å². The van der Waals surface area contributed by atoms with Gasteiger partial charge < -0.3 is 15.8 Å². The highest BCUT2D eigenvalue weighted by Crippen LogP contribution is 2.51. The first kappa shape index (κ1) is 20.7. The molecule has 2 aromatic carbocycles. The van der Waals surface area contributed by atoms with Gasteiger partial charge in [-0.05, 0) is 30.3 Å². The maximum absolute atomic E-state index is 14.8. The van der Waals surface area contributed by atoms with Crippen LogP contribution in [0.15, 0.2) is 53.5 Å². The number of carbonyl (C=O) groups excluding carboxylic acids is 1. The highest BCUT2D eigenvalue weighted by atomic mass is 32.2. The molecule has 0 aliphatic carbocycles. The number of nitrogen functional groups attached to an aromatic ring is 1. The number of anilines is 1. The molecule has 5 nitrogen and oxygen atoms in total. The summed E-state index contributed by atoms with van der Waals surface area (Å²) in [5.74, 6) is -4.75. The molecule has 0 aromatic heterocycles. The lowest BCUT2D eigenvalue weighted by molar-refractivity contribution is -0.113. The SMILES string of the molecule is CC(F)(F)[C@H]1OC[C@]2(c3cc(N)ccc3F)N=C(NC(=O)c3ccccc3)SC[C@H]12.